The van der Waals surface area contributed by atoms with E-state index in [-0.39, 0.29) is 48.5 Å². The van der Waals surface area contributed by atoms with Gasteiger partial charge in [0.2, 0.25) is 18.3 Å². The molecule has 1 amide bonds. The number of rotatable bonds is 8. The number of alkyl halides is 6. The second-order valence-electron chi connectivity index (χ2n) is 8.67. The maximum Gasteiger partial charge on any atom is 0.262 e. The van der Waals surface area contributed by atoms with Gasteiger partial charge >= 0.3 is 0 Å². The van der Waals surface area contributed by atoms with Gasteiger partial charge in [-0.3, -0.25) is 4.79 Å². The number of carbonyl (C=O) groups is 1. The second kappa shape index (κ2) is 9.47. The van der Waals surface area contributed by atoms with Crippen molar-refractivity contribution in [1.29, 1.82) is 0 Å². The third-order valence-electron chi connectivity index (χ3n) is 5.91. The van der Waals surface area contributed by atoms with E-state index in [2.05, 4.69) is 9.97 Å². The predicted molar refractivity (Wildman–Crippen MR) is 107 cm³/mol. The van der Waals surface area contributed by atoms with Crippen molar-refractivity contribution in [3.05, 3.63) is 29.3 Å². The quantitative estimate of drug-likeness (QED) is 0.461. The van der Waals surface area contributed by atoms with E-state index in [1.807, 2.05) is 5.32 Å². The standard InChI is InChI=1S/C21H25F7N4O/c1-20(25,26)9-30-19(33)12(8-14(22)23)11-2-3-13-17(15(11)24)32-18(31-13)16(29)10-4-6-21(27,28)7-5-10/h2-3,10,12,14,16H,4-9,29H2,1H3,(H,30,33)(H,31,32). The van der Waals surface area contributed by atoms with Crippen LogP contribution in [-0.2, 0) is 4.79 Å². The Kier molecular flexibility index (Phi) is 7.25. The number of benzene rings is 1. The maximum atomic E-state index is 15.2. The summed E-state index contributed by atoms with van der Waals surface area (Å²) in [6.45, 7) is -0.540. The maximum absolute atomic E-state index is 15.2. The zero-order valence-corrected chi connectivity index (χ0v) is 17.8. The third kappa shape index (κ3) is 6.15. The normalized spacial score (nSPS) is 19.1. The first-order valence-corrected chi connectivity index (χ1v) is 10.5. The van der Waals surface area contributed by atoms with E-state index >= 15 is 4.39 Å². The molecule has 3 rings (SSSR count). The van der Waals surface area contributed by atoms with Gasteiger partial charge in [0.25, 0.3) is 5.92 Å². The van der Waals surface area contributed by atoms with E-state index in [4.69, 9.17) is 5.73 Å². The molecule has 4 N–H and O–H groups in total. The largest absolute Gasteiger partial charge is 0.350 e. The smallest absolute Gasteiger partial charge is 0.262 e. The van der Waals surface area contributed by atoms with Crippen molar-refractivity contribution in [2.75, 3.05) is 6.54 Å². The molecule has 1 aliphatic rings. The molecule has 0 spiro atoms. The third-order valence-corrected chi connectivity index (χ3v) is 5.91. The first kappa shape index (κ1) is 25.3. The van der Waals surface area contributed by atoms with Crippen LogP contribution >= 0.6 is 0 Å². The van der Waals surface area contributed by atoms with Crippen molar-refractivity contribution in [3.8, 4) is 0 Å². The molecule has 184 valence electrons. The molecule has 0 bridgehead atoms. The monoisotopic (exact) mass is 482 g/mol. The lowest BCUT2D eigenvalue weighted by Crippen LogP contribution is -2.38. The number of aromatic amines is 1. The Morgan fingerprint density at radius 1 is 1.30 bits per heavy atom. The Morgan fingerprint density at radius 3 is 2.52 bits per heavy atom. The lowest BCUT2D eigenvalue weighted by molar-refractivity contribution is -0.125. The number of nitrogens with zero attached hydrogens (tertiary/aromatic N) is 1. The lowest BCUT2D eigenvalue weighted by atomic mass is 9.82. The Labute approximate surface area is 185 Å². The number of H-pyrrole nitrogens is 1. The SMILES string of the molecule is CC(F)(F)CNC(=O)C(CC(F)F)c1ccc2[nH]c(C(N)C3CCC(F)(F)CC3)nc2c1F. The summed E-state index contributed by atoms with van der Waals surface area (Å²) >= 11 is 0. The highest BCUT2D eigenvalue weighted by molar-refractivity contribution is 5.86. The Morgan fingerprint density at radius 2 is 1.94 bits per heavy atom. The van der Waals surface area contributed by atoms with Crippen molar-refractivity contribution in [3.63, 3.8) is 0 Å². The van der Waals surface area contributed by atoms with Crippen LogP contribution in [0, 0.1) is 11.7 Å². The minimum atomic E-state index is -3.27. The molecule has 1 heterocycles. The number of carbonyl (C=O) groups excluding carboxylic acids is 1. The number of imidazole rings is 1. The fourth-order valence-electron chi connectivity index (χ4n) is 4.07. The van der Waals surface area contributed by atoms with Crippen LogP contribution in [0.1, 0.15) is 62.4 Å². The first-order chi connectivity index (χ1) is 15.3. The number of aromatic nitrogens is 2. The predicted octanol–water partition coefficient (Wildman–Crippen LogP) is 5.04. The van der Waals surface area contributed by atoms with Gasteiger partial charge in [0.05, 0.1) is 24.0 Å². The van der Waals surface area contributed by atoms with E-state index in [0.29, 0.717) is 6.92 Å². The topological polar surface area (TPSA) is 83.8 Å². The number of amides is 1. The zero-order chi connectivity index (χ0) is 24.6. The molecule has 0 saturated heterocycles. The van der Waals surface area contributed by atoms with Gasteiger partial charge in [-0.25, -0.2) is 35.7 Å². The summed E-state index contributed by atoms with van der Waals surface area (Å²) < 4.78 is 94.4. The molecular formula is C21H25F7N4O. The van der Waals surface area contributed by atoms with Crippen LogP contribution in [0.25, 0.3) is 11.0 Å². The minimum absolute atomic E-state index is 0.150. The van der Waals surface area contributed by atoms with Crippen LogP contribution < -0.4 is 11.1 Å². The zero-order valence-electron chi connectivity index (χ0n) is 17.8. The highest BCUT2D eigenvalue weighted by atomic mass is 19.3. The summed E-state index contributed by atoms with van der Waals surface area (Å²) in [5.41, 5.74) is 5.68. The summed E-state index contributed by atoms with van der Waals surface area (Å²) in [5.74, 6) is -10.1. The molecule has 1 aliphatic carbocycles. The van der Waals surface area contributed by atoms with E-state index in [1.165, 1.54) is 6.07 Å². The van der Waals surface area contributed by atoms with E-state index in [0.717, 1.165) is 6.07 Å². The number of hydrogen-bond donors (Lipinski definition) is 3. The molecule has 33 heavy (non-hydrogen) atoms. The fraction of sp³-hybridized carbons (Fsp3) is 0.619. The average molecular weight is 482 g/mol. The van der Waals surface area contributed by atoms with Gasteiger partial charge in [0.1, 0.15) is 11.3 Å². The van der Waals surface area contributed by atoms with Crippen molar-refractivity contribution >= 4 is 16.9 Å². The summed E-state index contributed by atoms with van der Waals surface area (Å²) in [7, 11) is 0. The van der Waals surface area contributed by atoms with Crippen molar-refractivity contribution in [1.82, 2.24) is 15.3 Å². The molecule has 1 aromatic heterocycles. The van der Waals surface area contributed by atoms with Crippen molar-refractivity contribution in [2.24, 2.45) is 11.7 Å². The van der Waals surface area contributed by atoms with Crippen LogP contribution in [0.15, 0.2) is 12.1 Å². The van der Waals surface area contributed by atoms with E-state index in [9.17, 15) is 31.1 Å². The molecule has 0 aliphatic heterocycles. The van der Waals surface area contributed by atoms with Crippen LogP contribution in [0.4, 0.5) is 30.7 Å². The Balaban J connectivity index is 1.87. The second-order valence-corrected chi connectivity index (χ2v) is 8.67. The van der Waals surface area contributed by atoms with Gasteiger partial charge in [-0.05, 0) is 24.8 Å². The Hall–Kier alpha value is -2.37. The van der Waals surface area contributed by atoms with E-state index in [1.54, 1.807) is 0 Å². The van der Waals surface area contributed by atoms with Crippen LogP contribution in [-0.4, -0.2) is 40.7 Å². The van der Waals surface area contributed by atoms with Gasteiger partial charge < -0.3 is 16.0 Å². The molecule has 2 atom stereocenters. The Bertz CT molecular complexity index is 979. The summed E-state index contributed by atoms with van der Waals surface area (Å²) in [4.78, 5) is 19.3. The van der Waals surface area contributed by atoms with Gasteiger partial charge in [-0.15, -0.1) is 0 Å². The first-order valence-electron chi connectivity index (χ1n) is 10.5. The lowest BCUT2D eigenvalue weighted by Gasteiger charge is -2.31. The van der Waals surface area contributed by atoms with Crippen molar-refractivity contribution in [2.45, 2.75) is 69.3 Å². The van der Waals surface area contributed by atoms with E-state index < -0.39 is 60.5 Å². The molecule has 5 nitrogen and oxygen atoms in total. The molecule has 1 saturated carbocycles. The molecule has 1 fully saturated rings. The number of nitrogens with one attached hydrogen (secondary N) is 2. The number of fused-ring (bicyclic) bond motifs is 1. The number of hydrogen-bond acceptors (Lipinski definition) is 3. The molecule has 2 unspecified atom stereocenters. The summed E-state index contributed by atoms with van der Waals surface area (Å²) in [5, 5.41) is 1.88. The number of nitrogens with two attached hydrogens (primary N) is 1. The van der Waals surface area contributed by atoms with Crippen LogP contribution in [0.3, 0.4) is 0 Å². The molecule has 12 heteroatoms. The molecule has 0 radical (unpaired) electrons. The highest BCUT2D eigenvalue weighted by Crippen LogP contribution is 2.40. The molecular weight excluding hydrogens is 457 g/mol. The van der Waals surface area contributed by atoms with Crippen LogP contribution in [0.5, 0.6) is 0 Å². The van der Waals surface area contributed by atoms with Gasteiger partial charge in [-0.1, -0.05) is 6.07 Å². The average Bonchev–Trinajstić information content (AvgIpc) is 3.15. The van der Waals surface area contributed by atoms with Gasteiger partial charge in [0.15, 0.2) is 5.82 Å². The highest BCUT2D eigenvalue weighted by Gasteiger charge is 2.38. The molecule has 2 aromatic rings. The van der Waals surface area contributed by atoms with Gasteiger partial charge in [0, 0.05) is 31.7 Å². The minimum Gasteiger partial charge on any atom is -0.350 e. The fourth-order valence-corrected chi connectivity index (χ4v) is 4.07. The summed E-state index contributed by atoms with van der Waals surface area (Å²) in [6.07, 6.45) is -4.37. The summed E-state index contributed by atoms with van der Waals surface area (Å²) in [6, 6.07) is 1.66. The van der Waals surface area contributed by atoms with Crippen molar-refractivity contribution < 1.29 is 35.5 Å². The number of halogens is 7. The molecule has 1 aromatic carbocycles. The van der Waals surface area contributed by atoms with Gasteiger partial charge in [-0.2, -0.15) is 0 Å². The van der Waals surface area contributed by atoms with Crippen LogP contribution in [0.2, 0.25) is 0 Å².